The minimum Gasteiger partial charge on any atom is -0.379 e. The minimum atomic E-state index is -3.42. The molecule has 0 bridgehead atoms. The summed E-state index contributed by atoms with van der Waals surface area (Å²) >= 11 is 0. The highest BCUT2D eigenvalue weighted by atomic mass is 32.2. The van der Waals surface area contributed by atoms with Crippen LogP contribution in [0.15, 0.2) is 0 Å². The number of hydrogen-bond donors (Lipinski definition) is 1. The van der Waals surface area contributed by atoms with Crippen LogP contribution < -0.4 is 5.32 Å². The summed E-state index contributed by atoms with van der Waals surface area (Å²) in [6, 6.07) is 0. The van der Waals surface area contributed by atoms with Crippen molar-refractivity contribution in [3.8, 4) is 0 Å². The Bertz CT molecular complexity index is 544. The van der Waals surface area contributed by atoms with Crippen molar-refractivity contribution in [2.75, 3.05) is 23.9 Å². The van der Waals surface area contributed by atoms with Crippen molar-refractivity contribution in [1.29, 1.82) is 0 Å². The molecule has 0 fully saturated rings. The van der Waals surface area contributed by atoms with E-state index in [1.807, 2.05) is 5.32 Å². The van der Waals surface area contributed by atoms with E-state index in [9.17, 15) is 30.4 Å². The Morgan fingerprint density at radius 3 is 1.67 bits per heavy atom. The van der Waals surface area contributed by atoms with Gasteiger partial charge in [-0.25, -0.2) is 30.4 Å². The van der Waals surface area contributed by atoms with Gasteiger partial charge in [0.05, 0.1) is 5.75 Å². The van der Waals surface area contributed by atoms with Crippen LogP contribution in [0, 0.1) is 29.1 Å². The fourth-order valence-electron chi connectivity index (χ4n) is 1.12. The van der Waals surface area contributed by atoms with Crippen molar-refractivity contribution in [1.82, 2.24) is 0 Å². The SMILES string of the molecule is CS(=O)(=O)CCNc1c(F)c(F)c(F)c(F)c1F. The van der Waals surface area contributed by atoms with Crippen LogP contribution in [0.4, 0.5) is 27.6 Å². The summed E-state index contributed by atoms with van der Waals surface area (Å²) in [5.41, 5.74) is -1.24. The zero-order valence-electron chi connectivity index (χ0n) is 9.03. The normalized spacial score (nSPS) is 11.7. The first-order valence-electron chi connectivity index (χ1n) is 4.58. The fourth-order valence-corrected chi connectivity index (χ4v) is 1.59. The van der Waals surface area contributed by atoms with E-state index in [0.29, 0.717) is 0 Å². The zero-order valence-corrected chi connectivity index (χ0v) is 9.85. The maximum Gasteiger partial charge on any atom is 0.200 e. The summed E-state index contributed by atoms with van der Waals surface area (Å²) in [6.07, 6.45) is 0.868. The van der Waals surface area contributed by atoms with Gasteiger partial charge in [-0.1, -0.05) is 0 Å². The van der Waals surface area contributed by atoms with Crippen molar-refractivity contribution in [2.24, 2.45) is 0 Å². The summed E-state index contributed by atoms with van der Waals surface area (Å²) in [6.45, 7) is -0.475. The van der Waals surface area contributed by atoms with Gasteiger partial charge in [0.15, 0.2) is 23.3 Å². The Morgan fingerprint density at radius 2 is 1.28 bits per heavy atom. The maximum absolute atomic E-state index is 13.1. The van der Waals surface area contributed by atoms with Gasteiger partial charge < -0.3 is 5.32 Å². The molecule has 102 valence electrons. The molecular formula is C9H8F5NO2S. The van der Waals surface area contributed by atoms with Gasteiger partial charge in [0, 0.05) is 12.8 Å². The summed E-state index contributed by atoms with van der Waals surface area (Å²) in [5, 5.41) is 1.87. The summed E-state index contributed by atoms with van der Waals surface area (Å²) in [4.78, 5) is 0. The molecule has 1 rings (SSSR count). The van der Waals surface area contributed by atoms with Crippen LogP contribution in [0.2, 0.25) is 0 Å². The number of benzene rings is 1. The molecule has 9 heteroatoms. The lowest BCUT2D eigenvalue weighted by atomic mass is 10.2. The quantitative estimate of drug-likeness (QED) is 0.522. The molecule has 0 heterocycles. The van der Waals surface area contributed by atoms with Crippen LogP contribution in [-0.2, 0) is 9.84 Å². The first-order valence-corrected chi connectivity index (χ1v) is 6.64. The molecule has 0 aromatic heterocycles. The zero-order chi connectivity index (χ0) is 14.1. The van der Waals surface area contributed by atoms with E-state index < -0.39 is 56.9 Å². The van der Waals surface area contributed by atoms with Crippen LogP contribution in [0.25, 0.3) is 0 Å². The molecule has 0 saturated carbocycles. The Hall–Kier alpha value is -1.38. The van der Waals surface area contributed by atoms with Crippen LogP contribution in [-0.4, -0.2) is 27.0 Å². The lowest BCUT2D eigenvalue weighted by Gasteiger charge is -2.10. The molecule has 1 N–H and O–H groups in total. The lowest BCUT2D eigenvalue weighted by molar-refractivity contribution is 0.381. The number of hydrogen-bond acceptors (Lipinski definition) is 3. The molecule has 0 radical (unpaired) electrons. The number of anilines is 1. The van der Waals surface area contributed by atoms with Gasteiger partial charge in [0.25, 0.3) is 0 Å². The smallest absolute Gasteiger partial charge is 0.200 e. The predicted octanol–water partition coefficient (Wildman–Crippen LogP) is 1.84. The summed E-state index contributed by atoms with van der Waals surface area (Å²) in [7, 11) is -3.42. The molecule has 0 aliphatic carbocycles. The topological polar surface area (TPSA) is 46.2 Å². The third-order valence-electron chi connectivity index (χ3n) is 1.98. The number of sulfone groups is 1. The minimum absolute atomic E-state index is 0.475. The largest absolute Gasteiger partial charge is 0.379 e. The van der Waals surface area contributed by atoms with Crippen LogP contribution in [0.3, 0.4) is 0 Å². The maximum atomic E-state index is 13.1. The second-order valence-electron chi connectivity index (χ2n) is 3.50. The summed E-state index contributed by atoms with van der Waals surface area (Å²) in [5.74, 6) is -11.0. The molecule has 0 atom stereocenters. The Balaban J connectivity index is 3.03. The highest BCUT2D eigenvalue weighted by Gasteiger charge is 2.25. The van der Waals surface area contributed by atoms with Gasteiger partial charge in [-0.2, -0.15) is 0 Å². The second kappa shape index (κ2) is 5.09. The highest BCUT2D eigenvalue weighted by Crippen LogP contribution is 2.26. The molecular weight excluding hydrogens is 281 g/mol. The second-order valence-corrected chi connectivity index (χ2v) is 5.76. The molecule has 3 nitrogen and oxygen atoms in total. The van der Waals surface area contributed by atoms with Gasteiger partial charge in [-0.15, -0.1) is 0 Å². The van der Waals surface area contributed by atoms with Crippen molar-refractivity contribution >= 4 is 15.5 Å². The van der Waals surface area contributed by atoms with Crippen LogP contribution in [0.5, 0.6) is 0 Å². The Labute approximate surface area is 99.5 Å². The molecule has 0 aliphatic heterocycles. The molecule has 0 amide bonds. The number of halogens is 5. The van der Waals surface area contributed by atoms with Gasteiger partial charge in [0.1, 0.15) is 15.5 Å². The monoisotopic (exact) mass is 289 g/mol. The Kier molecular flexibility index (Phi) is 4.15. The van der Waals surface area contributed by atoms with E-state index in [1.165, 1.54) is 0 Å². The number of rotatable bonds is 4. The van der Waals surface area contributed by atoms with Gasteiger partial charge in [-0.3, -0.25) is 0 Å². The van der Waals surface area contributed by atoms with Crippen molar-refractivity contribution < 1.29 is 30.4 Å². The standard InChI is InChI=1S/C9H8F5NO2S/c1-18(16,17)3-2-15-9-7(13)5(11)4(10)6(12)8(9)14/h15H,2-3H2,1H3. The van der Waals surface area contributed by atoms with Gasteiger partial charge >= 0.3 is 0 Å². The molecule has 0 aliphatic rings. The third-order valence-corrected chi connectivity index (χ3v) is 2.93. The first kappa shape index (κ1) is 14.7. The lowest BCUT2D eigenvalue weighted by Crippen LogP contribution is -2.17. The van der Waals surface area contributed by atoms with E-state index in [2.05, 4.69) is 0 Å². The number of nitrogens with one attached hydrogen (secondary N) is 1. The third kappa shape index (κ3) is 3.09. The van der Waals surface area contributed by atoms with Crippen LogP contribution >= 0.6 is 0 Å². The first-order chi connectivity index (χ1) is 8.15. The molecule has 0 unspecified atom stereocenters. The van der Waals surface area contributed by atoms with Crippen molar-refractivity contribution in [2.45, 2.75) is 0 Å². The van der Waals surface area contributed by atoms with E-state index in [4.69, 9.17) is 0 Å². The van der Waals surface area contributed by atoms with E-state index in [0.717, 1.165) is 6.26 Å². The van der Waals surface area contributed by atoms with Gasteiger partial charge in [-0.05, 0) is 0 Å². The van der Waals surface area contributed by atoms with Crippen molar-refractivity contribution in [3.63, 3.8) is 0 Å². The predicted molar refractivity (Wildman–Crippen MR) is 54.4 cm³/mol. The van der Waals surface area contributed by atoms with E-state index in [-0.39, 0.29) is 0 Å². The van der Waals surface area contributed by atoms with Gasteiger partial charge in [0.2, 0.25) is 5.82 Å². The van der Waals surface area contributed by atoms with Crippen LogP contribution in [0.1, 0.15) is 0 Å². The highest BCUT2D eigenvalue weighted by molar-refractivity contribution is 7.90. The van der Waals surface area contributed by atoms with E-state index in [1.54, 1.807) is 0 Å². The molecule has 18 heavy (non-hydrogen) atoms. The Morgan fingerprint density at radius 1 is 0.889 bits per heavy atom. The molecule has 1 aromatic rings. The molecule has 0 saturated heterocycles. The van der Waals surface area contributed by atoms with Crippen molar-refractivity contribution in [3.05, 3.63) is 29.1 Å². The molecule has 0 spiro atoms. The summed E-state index contributed by atoms with van der Waals surface area (Å²) < 4.78 is 85.8. The average Bonchev–Trinajstić information content (AvgIpc) is 2.27. The average molecular weight is 289 g/mol. The molecule has 1 aromatic carbocycles. The fraction of sp³-hybridized carbons (Fsp3) is 0.333. The van der Waals surface area contributed by atoms with E-state index >= 15 is 0 Å².